The van der Waals surface area contributed by atoms with Crippen LogP contribution in [0.3, 0.4) is 0 Å². The van der Waals surface area contributed by atoms with Crippen LogP contribution in [-0.2, 0) is 30.8 Å². The van der Waals surface area contributed by atoms with Crippen LogP contribution in [0, 0.1) is 0 Å². The minimum atomic E-state index is -0.105. The van der Waals surface area contributed by atoms with Crippen molar-refractivity contribution in [3.8, 4) is 5.75 Å². The Bertz CT molecular complexity index is 1380. The van der Waals surface area contributed by atoms with Crippen LogP contribution in [0.4, 0.5) is 0 Å². The Labute approximate surface area is 212 Å². The first-order valence-electron chi connectivity index (χ1n) is 11.6. The number of ether oxygens (including phenoxy) is 1. The zero-order valence-corrected chi connectivity index (χ0v) is 20.3. The second kappa shape index (κ2) is 11.5. The summed E-state index contributed by atoms with van der Waals surface area (Å²) in [7, 11) is 0. The molecule has 36 heavy (non-hydrogen) atoms. The number of H-pyrrole nitrogens is 1. The molecule has 0 saturated heterocycles. The van der Waals surface area contributed by atoms with E-state index >= 15 is 0 Å². The van der Waals surface area contributed by atoms with Gasteiger partial charge < -0.3 is 19.5 Å². The predicted molar refractivity (Wildman–Crippen MR) is 138 cm³/mol. The number of imidazole rings is 1. The molecule has 182 valence electrons. The molecule has 8 nitrogen and oxygen atoms in total. The number of nitrogens with zero attached hydrogens (tertiary/aromatic N) is 3. The summed E-state index contributed by atoms with van der Waals surface area (Å²) < 4.78 is 11.5. The number of amides is 1. The summed E-state index contributed by atoms with van der Waals surface area (Å²) in [6.07, 6.45) is 1.24. The maximum absolute atomic E-state index is 12.3. The summed E-state index contributed by atoms with van der Waals surface area (Å²) in [5.74, 6) is 2.28. The molecule has 0 fully saturated rings. The Balaban J connectivity index is 1.02. The Kier molecular flexibility index (Phi) is 7.58. The maximum Gasteiger partial charge on any atom is 0.277 e. The topological polar surface area (TPSA) is 106 Å². The van der Waals surface area contributed by atoms with Gasteiger partial charge in [0.2, 0.25) is 11.8 Å². The Morgan fingerprint density at radius 3 is 2.56 bits per heavy atom. The minimum Gasteiger partial charge on any atom is -0.489 e. The molecular formula is C27H25N5O3S. The van der Waals surface area contributed by atoms with Gasteiger partial charge in [0.25, 0.3) is 5.22 Å². The maximum atomic E-state index is 12.3. The van der Waals surface area contributed by atoms with Gasteiger partial charge >= 0.3 is 0 Å². The molecule has 5 aromatic rings. The third-order valence-electron chi connectivity index (χ3n) is 5.45. The third kappa shape index (κ3) is 6.51. The number of para-hydroxylation sites is 2. The van der Waals surface area contributed by atoms with Gasteiger partial charge in [-0.3, -0.25) is 4.79 Å². The number of aryl methyl sites for hydroxylation is 2. The fourth-order valence-electron chi connectivity index (χ4n) is 3.57. The van der Waals surface area contributed by atoms with Gasteiger partial charge in [0.05, 0.1) is 16.8 Å². The highest BCUT2D eigenvalue weighted by Gasteiger charge is 2.11. The standard InChI is InChI=1S/C27H25N5O3S/c33-25(28-16-19-10-12-21(13-11-19)34-17-20-6-2-1-3-7-20)18-36-27-32-31-26(35-27)15-14-24-29-22-8-4-5-9-23(22)30-24/h1-13H,14-18H2,(H,28,33)(H,29,30). The monoisotopic (exact) mass is 499 g/mol. The molecule has 0 saturated carbocycles. The van der Waals surface area contributed by atoms with E-state index in [2.05, 4.69) is 25.5 Å². The zero-order chi connectivity index (χ0) is 24.6. The van der Waals surface area contributed by atoms with E-state index in [1.165, 1.54) is 11.8 Å². The van der Waals surface area contributed by atoms with Crippen LogP contribution >= 0.6 is 11.8 Å². The number of fused-ring (bicyclic) bond motifs is 1. The van der Waals surface area contributed by atoms with Gasteiger partial charge in [0.15, 0.2) is 0 Å². The normalized spacial score (nSPS) is 11.0. The van der Waals surface area contributed by atoms with Gasteiger partial charge in [0, 0.05) is 19.4 Å². The first-order valence-corrected chi connectivity index (χ1v) is 12.6. The molecule has 0 bridgehead atoms. The first-order chi connectivity index (χ1) is 17.7. The highest BCUT2D eigenvalue weighted by molar-refractivity contribution is 7.99. The summed E-state index contributed by atoms with van der Waals surface area (Å²) in [4.78, 5) is 20.1. The number of hydrogen-bond acceptors (Lipinski definition) is 7. The molecule has 0 unspecified atom stereocenters. The smallest absolute Gasteiger partial charge is 0.277 e. The third-order valence-corrected chi connectivity index (χ3v) is 6.27. The quantitative estimate of drug-likeness (QED) is 0.253. The molecule has 2 aromatic heterocycles. The van der Waals surface area contributed by atoms with Crippen molar-refractivity contribution in [1.29, 1.82) is 0 Å². The minimum absolute atomic E-state index is 0.105. The van der Waals surface area contributed by atoms with E-state index in [4.69, 9.17) is 9.15 Å². The molecule has 3 aromatic carbocycles. The van der Waals surface area contributed by atoms with Crippen LogP contribution in [0.25, 0.3) is 11.0 Å². The highest BCUT2D eigenvalue weighted by Crippen LogP contribution is 2.18. The van der Waals surface area contributed by atoms with Crippen molar-refractivity contribution in [3.05, 3.63) is 102 Å². The van der Waals surface area contributed by atoms with Crippen molar-refractivity contribution in [2.45, 2.75) is 31.2 Å². The van der Waals surface area contributed by atoms with E-state index < -0.39 is 0 Å². The van der Waals surface area contributed by atoms with Crippen molar-refractivity contribution in [2.75, 3.05) is 5.75 Å². The molecule has 0 radical (unpaired) electrons. The molecule has 0 spiro atoms. The number of rotatable bonds is 11. The number of thioether (sulfide) groups is 1. The van der Waals surface area contributed by atoms with Crippen molar-refractivity contribution < 1.29 is 13.9 Å². The lowest BCUT2D eigenvalue weighted by molar-refractivity contribution is -0.118. The number of nitrogens with one attached hydrogen (secondary N) is 2. The second-order valence-corrected chi connectivity index (χ2v) is 9.07. The number of benzene rings is 3. The van der Waals surface area contributed by atoms with Gasteiger partial charge in [-0.1, -0.05) is 66.4 Å². The first kappa shape index (κ1) is 23.6. The molecule has 0 atom stereocenters. The molecule has 9 heteroatoms. The average Bonchev–Trinajstić information content (AvgIpc) is 3.56. The fraction of sp³-hybridized carbons (Fsp3) is 0.185. The summed E-state index contributed by atoms with van der Waals surface area (Å²) in [5.41, 5.74) is 4.05. The van der Waals surface area contributed by atoms with E-state index in [0.29, 0.717) is 37.1 Å². The molecule has 0 aliphatic heterocycles. The SMILES string of the molecule is O=C(CSc1nnc(CCc2nc3ccccc3[nH]2)o1)NCc1ccc(OCc2ccccc2)cc1. The molecule has 2 N–H and O–H groups in total. The average molecular weight is 500 g/mol. The van der Waals surface area contributed by atoms with Crippen LogP contribution in [0.15, 0.2) is 88.5 Å². The fourth-order valence-corrected chi connectivity index (χ4v) is 4.18. The van der Waals surface area contributed by atoms with Gasteiger partial charge in [-0.05, 0) is 35.4 Å². The lowest BCUT2D eigenvalue weighted by Crippen LogP contribution is -2.24. The Morgan fingerprint density at radius 2 is 1.72 bits per heavy atom. The molecular weight excluding hydrogens is 474 g/mol. The van der Waals surface area contributed by atoms with Crippen LogP contribution < -0.4 is 10.1 Å². The number of hydrogen-bond donors (Lipinski definition) is 2. The predicted octanol–water partition coefficient (Wildman–Crippen LogP) is 4.72. The number of carbonyl (C=O) groups is 1. The van der Waals surface area contributed by atoms with E-state index in [-0.39, 0.29) is 11.7 Å². The van der Waals surface area contributed by atoms with Crippen molar-refractivity contribution in [1.82, 2.24) is 25.5 Å². The summed E-state index contributed by atoms with van der Waals surface area (Å²) in [6.45, 7) is 0.955. The largest absolute Gasteiger partial charge is 0.489 e. The van der Waals surface area contributed by atoms with Gasteiger partial charge in [0.1, 0.15) is 18.2 Å². The van der Waals surface area contributed by atoms with Crippen LogP contribution in [0.5, 0.6) is 5.75 Å². The van der Waals surface area contributed by atoms with E-state index in [1.807, 2.05) is 78.9 Å². The Morgan fingerprint density at radius 1 is 0.917 bits per heavy atom. The van der Waals surface area contributed by atoms with E-state index in [9.17, 15) is 4.79 Å². The van der Waals surface area contributed by atoms with Crippen molar-refractivity contribution in [3.63, 3.8) is 0 Å². The summed E-state index contributed by atoms with van der Waals surface area (Å²) >= 11 is 1.22. The van der Waals surface area contributed by atoms with Crippen LogP contribution in [0.2, 0.25) is 0 Å². The van der Waals surface area contributed by atoms with Crippen LogP contribution in [0.1, 0.15) is 22.8 Å². The summed E-state index contributed by atoms with van der Waals surface area (Å²) in [5, 5.41) is 11.4. The zero-order valence-electron chi connectivity index (χ0n) is 19.5. The molecule has 0 aliphatic rings. The summed E-state index contributed by atoms with van der Waals surface area (Å²) in [6, 6.07) is 25.6. The molecule has 2 heterocycles. The van der Waals surface area contributed by atoms with Gasteiger partial charge in [-0.25, -0.2) is 4.98 Å². The van der Waals surface area contributed by atoms with Crippen molar-refractivity contribution >= 4 is 28.7 Å². The number of aromatic nitrogens is 4. The number of carbonyl (C=O) groups excluding carboxylic acids is 1. The highest BCUT2D eigenvalue weighted by atomic mass is 32.2. The van der Waals surface area contributed by atoms with Crippen LogP contribution in [-0.4, -0.2) is 31.8 Å². The van der Waals surface area contributed by atoms with Crippen molar-refractivity contribution in [2.24, 2.45) is 0 Å². The number of aromatic amines is 1. The Hall–Kier alpha value is -4.11. The molecule has 5 rings (SSSR count). The lowest BCUT2D eigenvalue weighted by Gasteiger charge is -2.08. The second-order valence-electron chi connectivity index (χ2n) is 8.15. The molecule has 1 amide bonds. The van der Waals surface area contributed by atoms with E-state index in [1.54, 1.807) is 0 Å². The van der Waals surface area contributed by atoms with E-state index in [0.717, 1.165) is 33.7 Å². The van der Waals surface area contributed by atoms with Gasteiger partial charge in [-0.2, -0.15) is 0 Å². The molecule has 0 aliphatic carbocycles. The van der Waals surface area contributed by atoms with Gasteiger partial charge in [-0.15, -0.1) is 10.2 Å². The lowest BCUT2D eigenvalue weighted by atomic mass is 10.2.